The molecule has 0 aliphatic rings. The maximum Gasteiger partial charge on any atom is 2.00 e. The number of carboxylic acid groups (broad SMARTS) is 2. The molecular weight excluding hydrogens is 624 g/mol. The smallest absolute Gasteiger partial charge is 0.550 e. The molecule has 0 aliphatic carbocycles. The minimum atomic E-state index is -1.38. The topological polar surface area (TPSA) is 107 Å². The standard InChI is InChI=1S/C22H40O4.C18H36O2.Mg.Na/c1-2-3-4-5-6-7-8-9-10-11-12-13-14-15-16-17-20-26-22(25)19-18-21(23)24;1-2-3-4-5-6-7-8-9-10-11-12-13-14-15-16-17-18(19)20;;/h18-19H,2-17,20H2,1H3,(H,23,24);2-17H2,1H3,(H,19,20);;/q;;+2;+1/p-2/b19-18+;;;. The molecule has 0 radical (unpaired) electrons. The Kier molecular flexibility index (Phi) is 55.9. The van der Waals surface area contributed by atoms with E-state index < -0.39 is 17.9 Å². The zero-order chi connectivity index (χ0) is 34.2. The van der Waals surface area contributed by atoms with E-state index in [0.29, 0.717) is 12.7 Å². The predicted molar refractivity (Wildman–Crippen MR) is 195 cm³/mol. The second-order valence-electron chi connectivity index (χ2n) is 13.2. The van der Waals surface area contributed by atoms with Crippen LogP contribution < -0.4 is 39.8 Å². The van der Waals surface area contributed by atoms with Crippen molar-refractivity contribution >= 4 is 41.0 Å². The van der Waals surface area contributed by atoms with Crippen LogP contribution in [0.15, 0.2) is 12.2 Å². The molecule has 0 heterocycles. The zero-order valence-corrected chi connectivity index (χ0v) is 35.6. The van der Waals surface area contributed by atoms with Gasteiger partial charge in [0.15, 0.2) is 0 Å². The van der Waals surface area contributed by atoms with Gasteiger partial charge in [-0.15, -0.1) is 0 Å². The molecule has 0 spiro atoms. The number of carbonyl (C=O) groups excluding carboxylic acids is 3. The number of carboxylic acids is 2. The molecule has 8 heteroatoms. The van der Waals surface area contributed by atoms with Crippen molar-refractivity contribution in [1.82, 2.24) is 0 Å². The van der Waals surface area contributed by atoms with Gasteiger partial charge in [-0.2, -0.15) is 0 Å². The van der Waals surface area contributed by atoms with Crippen LogP contribution in [0.5, 0.6) is 0 Å². The van der Waals surface area contributed by atoms with Crippen LogP contribution in [0.1, 0.15) is 219 Å². The largest absolute Gasteiger partial charge is 2.00 e. The van der Waals surface area contributed by atoms with E-state index in [1.165, 1.54) is 173 Å². The fourth-order valence-electron chi connectivity index (χ4n) is 5.65. The second-order valence-corrected chi connectivity index (χ2v) is 13.2. The summed E-state index contributed by atoms with van der Waals surface area (Å²) in [5.41, 5.74) is 0. The Balaban J connectivity index is -0.000000399. The third-order valence-corrected chi connectivity index (χ3v) is 8.58. The van der Waals surface area contributed by atoms with Crippen molar-refractivity contribution in [2.45, 2.75) is 219 Å². The van der Waals surface area contributed by atoms with Crippen molar-refractivity contribution in [3.05, 3.63) is 12.2 Å². The first-order valence-electron chi connectivity index (χ1n) is 19.7. The fraction of sp³-hybridized carbons (Fsp3) is 0.875. The van der Waals surface area contributed by atoms with Crippen LogP contribution in [0.25, 0.3) is 0 Å². The van der Waals surface area contributed by atoms with E-state index in [1.807, 2.05) is 0 Å². The van der Waals surface area contributed by atoms with Crippen molar-refractivity contribution in [1.29, 1.82) is 0 Å². The maximum atomic E-state index is 11.1. The molecule has 6 nitrogen and oxygen atoms in total. The third-order valence-electron chi connectivity index (χ3n) is 8.58. The summed E-state index contributed by atoms with van der Waals surface area (Å²) in [6.45, 7) is 4.89. The average Bonchev–Trinajstić information content (AvgIpc) is 3.03. The first-order chi connectivity index (χ1) is 22.4. The fourth-order valence-corrected chi connectivity index (χ4v) is 5.65. The molecule has 0 saturated carbocycles. The minimum absolute atomic E-state index is 0. The molecule has 0 bridgehead atoms. The van der Waals surface area contributed by atoms with Crippen molar-refractivity contribution in [2.75, 3.05) is 6.61 Å². The quantitative estimate of drug-likeness (QED) is 0.0315. The maximum absolute atomic E-state index is 11.1. The number of ether oxygens (including phenoxy) is 1. The van der Waals surface area contributed by atoms with Gasteiger partial charge in [0.05, 0.1) is 12.6 Å². The molecule has 0 aliphatic heterocycles. The minimum Gasteiger partial charge on any atom is -0.550 e. The molecule has 0 unspecified atom stereocenters. The van der Waals surface area contributed by atoms with Crippen LogP contribution in [0.4, 0.5) is 0 Å². The molecule has 0 rings (SSSR count). The summed E-state index contributed by atoms with van der Waals surface area (Å²) in [4.78, 5) is 31.5. The number of carbonyl (C=O) groups is 3. The van der Waals surface area contributed by atoms with Gasteiger partial charge in [-0.05, 0) is 25.3 Å². The molecule has 0 fully saturated rings. The van der Waals surface area contributed by atoms with E-state index >= 15 is 0 Å². The van der Waals surface area contributed by atoms with Gasteiger partial charge in [0.2, 0.25) is 0 Å². The Hall–Kier alpha value is -0.0838. The van der Waals surface area contributed by atoms with Gasteiger partial charge in [-0.3, -0.25) is 0 Å². The van der Waals surface area contributed by atoms with Gasteiger partial charge >= 0.3 is 58.6 Å². The summed E-state index contributed by atoms with van der Waals surface area (Å²) in [6, 6.07) is 0. The van der Waals surface area contributed by atoms with E-state index in [0.717, 1.165) is 31.8 Å². The number of rotatable bonds is 35. The van der Waals surface area contributed by atoms with E-state index in [4.69, 9.17) is 4.74 Å². The Labute approximate surface area is 335 Å². The van der Waals surface area contributed by atoms with Crippen LogP contribution >= 0.6 is 0 Å². The van der Waals surface area contributed by atoms with E-state index in [9.17, 15) is 24.6 Å². The summed E-state index contributed by atoms with van der Waals surface area (Å²) in [5, 5.41) is 20.4. The Morgan fingerprint density at radius 3 is 0.979 bits per heavy atom. The van der Waals surface area contributed by atoms with Gasteiger partial charge in [0.25, 0.3) is 0 Å². The average molecular weight is 698 g/mol. The predicted octanol–water partition coefficient (Wildman–Crippen LogP) is 6.72. The van der Waals surface area contributed by atoms with E-state index in [1.54, 1.807) is 0 Å². The van der Waals surface area contributed by atoms with Crippen LogP contribution in [-0.4, -0.2) is 47.6 Å². The number of aliphatic carboxylic acids is 2. The summed E-state index contributed by atoms with van der Waals surface area (Å²) >= 11 is 0. The first-order valence-corrected chi connectivity index (χ1v) is 19.7. The summed E-state index contributed by atoms with van der Waals surface area (Å²) in [5.74, 6) is -2.90. The molecule has 0 aromatic heterocycles. The second kappa shape index (κ2) is 49.0. The van der Waals surface area contributed by atoms with Crippen LogP contribution in [0, 0.1) is 0 Å². The molecule has 0 aromatic carbocycles. The monoisotopic (exact) mass is 698 g/mol. The van der Waals surface area contributed by atoms with Crippen LogP contribution in [0.2, 0.25) is 0 Å². The normalized spacial score (nSPS) is 10.5. The van der Waals surface area contributed by atoms with Crippen LogP contribution in [-0.2, 0) is 19.1 Å². The Morgan fingerprint density at radius 2 is 0.708 bits per heavy atom. The molecule has 0 N–H and O–H groups in total. The van der Waals surface area contributed by atoms with Gasteiger partial charge in [-0.25, -0.2) is 4.79 Å². The molecule has 0 atom stereocenters. The van der Waals surface area contributed by atoms with Crippen LogP contribution in [0.3, 0.4) is 0 Å². The molecule has 0 amide bonds. The van der Waals surface area contributed by atoms with Crippen molar-refractivity contribution < 1.29 is 58.9 Å². The summed E-state index contributed by atoms with van der Waals surface area (Å²) < 4.78 is 4.89. The molecule has 0 saturated heterocycles. The number of esters is 1. The number of hydrogen-bond donors (Lipinski definition) is 0. The third kappa shape index (κ3) is 55.3. The molecule has 0 aromatic rings. The first kappa shape index (κ1) is 54.7. The summed E-state index contributed by atoms with van der Waals surface area (Å²) in [7, 11) is 0. The van der Waals surface area contributed by atoms with E-state index in [-0.39, 0.29) is 59.0 Å². The number of hydrogen-bond acceptors (Lipinski definition) is 6. The Morgan fingerprint density at radius 1 is 0.438 bits per heavy atom. The van der Waals surface area contributed by atoms with Crippen molar-refractivity contribution in [3.8, 4) is 0 Å². The molecular formula is C40H74MgNaO6+. The van der Waals surface area contributed by atoms with Gasteiger partial charge in [0.1, 0.15) is 0 Å². The SMILES string of the molecule is CCCCCCCCCCCCCCCCCC(=O)[O-].CCCCCCCCCCCCCCCCCCOC(=O)/C=C/C(=O)[O-].[Mg+2].[Na+]. The van der Waals surface area contributed by atoms with Gasteiger partial charge < -0.3 is 24.5 Å². The van der Waals surface area contributed by atoms with Crippen molar-refractivity contribution in [2.24, 2.45) is 0 Å². The van der Waals surface area contributed by atoms with Gasteiger partial charge in [0, 0.05) is 12.0 Å². The molecule has 272 valence electrons. The molecule has 48 heavy (non-hydrogen) atoms. The van der Waals surface area contributed by atoms with E-state index in [2.05, 4.69) is 13.8 Å². The Bertz CT molecular complexity index is 689. The van der Waals surface area contributed by atoms with Crippen molar-refractivity contribution in [3.63, 3.8) is 0 Å². The number of unbranched alkanes of at least 4 members (excludes halogenated alkanes) is 29. The zero-order valence-electron chi connectivity index (χ0n) is 32.1. The van der Waals surface area contributed by atoms with Gasteiger partial charge in [-0.1, -0.05) is 200 Å². The summed E-state index contributed by atoms with van der Waals surface area (Å²) in [6.07, 6.45) is 42.3.